The van der Waals surface area contributed by atoms with Gasteiger partial charge in [-0.15, -0.1) is 0 Å². The lowest BCUT2D eigenvalue weighted by molar-refractivity contribution is -0.129. The van der Waals surface area contributed by atoms with Crippen LogP contribution in [0.25, 0.3) is 0 Å². The summed E-state index contributed by atoms with van der Waals surface area (Å²) in [6.45, 7) is 2.14. The van der Waals surface area contributed by atoms with E-state index in [9.17, 15) is 14.7 Å². The van der Waals surface area contributed by atoms with Gasteiger partial charge in [-0.2, -0.15) is 0 Å². The molecule has 1 N–H and O–H groups in total. The maximum absolute atomic E-state index is 12.3. The van der Waals surface area contributed by atoms with Crippen LogP contribution in [0, 0.1) is 29.1 Å². The van der Waals surface area contributed by atoms with E-state index < -0.39 is 0 Å². The predicted octanol–water partition coefficient (Wildman–Crippen LogP) is 3.14. The molecule has 0 heterocycles. The Hall–Kier alpha value is -1.64. The Kier molecular flexibility index (Phi) is 2.60. The summed E-state index contributed by atoms with van der Waals surface area (Å²) in [5.74, 6) is 1.43. The van der Waals surface area contributed by atoms with Gasteiger partial charge in [0.2, 0.25) is 5.78 Å². The largest absolute Gasteiger partial charge is 0.504 e. The number of carbonyl (C=O) groups is 2. The lowest BCUT2D eigenvalue weighted by Gasteiger charge is -2.48. The van der Waals surface area contributed by atoms with E-state index in [0.717, 1.165) is 24.8 Å². The standard InChI is InChI=1S/C18H20O3/c1-18-9-8-11-10-4-6-15(19)17(21)13(10)3-2-12(11)14(18)5-7-16(18)20/h2-4,6,10-12,14,21H,5,7-9H2,1H3/t10-,11-,12-,14+,18+/m1/s1. The van der Waals surface area contributed by atoms with E-state index in [1.807, 2.05) is 12.2 Å². The summed E-state index contributed by atoms with van der Waals surface area (Å²) >= 11 is 0. The van der Waals surface area contributed by atoms with Crippen molar-refractivity contribution >= 4 is 11.6 Å². The Bertz CT molecular complexity index is 624. The molecule has 0 radical (unpaired) electrons. The van der Waals surface area contributed by atoms with E-state index in [0.29, 0.717) is 30.0 Å². The minimum Gasteiger partial charge on any atom is -0.504 e. The lowest BCUT2D eigenvalue weighted by atomic mass is 9.55. The topological polar surface area (TPSA) is 54.4 Å². The van der Waals surface area contributed by atoms with Crippen molar-refractivity contribution in [1.82, 2.24) is 0 Å². The number of carbonyl (C=O) groups excluding carboxylic acids is 2. The van der Waals surface area contributed by atoms with Crippen LogP contribution >= 0.6 is 0 Å². The minimum atomic E-state index is -0.291. The van der Waals surface area contributed by atoms with Crippen LogP contribution in [-0.2, 0) is 9.59 Å². The lowest BCUT2D eigenvalue weighted by Crippen LogP contribution is -2.44. The number of ketones is 2. The molecule has 0 spiro atoms. The maximum atomic E-state index is 12.3. The summed E-state index contributed by atoms with van der Waals surface area (Å²) in [5, 5.41) is 10.0. The summed E-state index contributed by atoms with van der Waals surface area (Å²) < 4.78 is 0. The smallest absolute Gasteiger partial charge is 0.220 e. The molecule has 2 saturated carbocycles. The van der Waals surface area contributed by atoms with Gasteiger partial charge in [0.1, 0.15) is 5.78 Å². The van der Waals surface area contributed by atoms with Crippen LogP contribution in [0.5, 0.6) is 0 Å². The third-order valence-electron chi connectivity index (χ3n) is 6.37. The molecule has 0 bridgehead atoms. The fraction of sp³-hybridized carbons (Fsp3) is 0.556. The van der Waals surface area contributed by atoms with Gasteiger partial charge in [0, 0.05) is 23.3 Å². The number of fused-ring (bicyclic) bond motifs is 5. The van der Waals surface area contributed by atoms with Crippen molar-refractivity contribution in [2.24, 2.45) is 29.1 Å². The molecule has 3 heteroatoms. The van der Waals surface area contributed by atoms with Gasteiger partial charge in [0.25, 0.3) is 0 Å². The highest BCUT2D eigenvalue weighted by atomic mass is 16.3. The number of Topliss-reactive ketones (excluding diaryl/α,β-unsaturated/α-hetero) is 1. The second-order valence-electron chi connectivity index (χ2n) is 7.18. The molecule has 5 atom stereocenters. The zero-order valence-electron chi connectivity index (χ0n) is 12.2. The molecule has 4 aliphatic rings. The van der Waals surface area contributed by atoms with Gasteiger partial charge < -0.3 is 5.11 Å². The van der Waals surface area contributed by atoms with E-state index >= 15 is 0 Å². The average molecular weight is 284 g/mol. The van der Waals surface area contributed by atoms with Crippen LogP contribution < -0.4 is 0 Å². The quantitative estimate of drug-likeness (QED) is 0.743. The first-order chi connectivity index (χ1) is 10.0. The van der Waals surface area contributed by atoms with Crippen molar-refractivity contribution in [2.75, 3.05) is 0 Å². The number of aliphatic hydroxyl groups is 1. The fourth-order valence-corrected chi connectivity index (χ4v) is 5.14. The highest BCUT2D eigenvalue weighted by Crippen LogP contribution is 2.58. The van der Waals surface area contributed by atoms with E-state index in [2.05, 4.69) is 13.0 Å². The van der Waals surface area contributed by atoms with E-state index in [-0.39, 0.29) is 22.9 Å². The van der Waals surface area contributed by atoms with Gasteiger partial charge in [-0.05, 0) is 43.1 Å². The van der Waals surface area contributed by atoms with Crippen LogP contribution in [0.4, 0.5) is 0 Å². The third-order valence-corrected chi connectivity index (χ3v) is 6.37. The van der Waals surface area contributed by atoms with Crippen LogP contribution in [0.2, 0.25) is 0 Å². The molecule has 4 rings (SSSR count). The Morgan fingerprint density at radius 2 is 2.00 bits per heavy atom. The molecular weight excluding hydrogens is 264 g/mol. The summed E-state index contributed by atoms with van der Waals surface area (Å²) in [6, 6.07) is 0. The Labute approximate surface area is 124 Å². The van der Waals surface area contributed by atoms with Crippen molar-refractivity contribution < 1.29 is 14.7 Å². The molecule has 21 heavy (non-hydrogen) atoms. The van der Waals surface area contributed by atoms with Crippen molar-refractivity contribution in [3.05, 3.63) is 35.6 Å². The zero-order chi connectivity index (χ0) is 14.8. The van der Waals surface area contributed by atoms with Crippen molar-refractivity contribution in [2.45, 2.75) is 32.6 Å². The Balaban J connectivity index is 1.76. The summed E-state index contributed by atoms with van der Waals surface area (Å²) in [4.78, 5) is 23.9. The zero-order valence-corrected chi connectivity index (χ0v) is 12.2. The van der Waals surface area contributed by atoms with Gasteiger partial charge in [-0.3, -0.25) is 9.59 Å². The number of allylic oxidation sites excluding steroid dienone is 5. The SMILES string of the molecule is C[C@]12CC[C@H]3[C@@H](C=CC4=C(O)C(=O)C=C[C@@H]43)[C@@H]1CCC2=O. The van der Waals surface area contributed by atoms with Crippen LogP contribution in [0.3, 0.4) is 0 Å². The Morgan fingerprint density at radius 1 is 1.19 bits per heavy atom. The molecule has 0 unspecified atom stereocenters. The molecule has 4 aliphatic carbocycles. The molecule has 3 nitrogen and oxygen atoms in total. The number of hydrogen-bond acceptors (Lipinski definition) is 3. The van der Waals surface area contributed by atoms with E-state index in [1.54, 1.807) is 0 Å². The molecule has 0 aliphatic heterocycles. The third kappa shape index (κ3) is 1.60. The highest BCUT2D eigenvalue weighted by molar-refractivity contribution is 6.04. The number of rotatable bonds is 0. The van der Waals surface area contributed by atoms with Crippen molar-refractivity contribution in [1.29, 1.82) is 0 Å². The molecule has 0 amide bonds. The molecular formula is C18H20O3. The van der Waals surface area contributed by atoms with Crippen LogP contribution in [0.15, 0.2) is 35.6 Å². The second kappa shape index (κ2) is 4.19. The predicted molar refractivity (Wildman–Crippen MR) is 78.5 cm³/mol. The van der Waals surface area contributed by atoms with Crippen LogP contribution in [-0.4, -0.2) is 16.7 Å². The normalized spacial score (nSPS) is 44.6. The first-order valence-electron chi connectivity index (χ1n) is 7.89. The molecule has 0 saturated heterocycles. The Morgan fingerprint density at radius 3 is 2.81 bits per heavy atom. The average Bonchev–Trinajstić information content (AvgIpc) is 2.78. The molecule has 0 aromatic heterocycles. The van der Waals surface area contributed by atoms with Gasteiger partial charge >= 0.3 is 0 Å². The summed E-state index contributed by atoms with van der Waals surface area (Å²) in [6.07, 6.45) is 11.2. The minimum absolute atomic E-state index is 0.0898. The molecule has 2 fully saturated rings. The molecule has 0 aromatic rings. The van der Waals surface area contributed by atoms with Gasteiger partial charge in [0.15, 0.2) is 5.76 Å². The first-order valence-corrected chi connectivity index (χ1v) is 7.89. The van der Waals surface area contributed by atoms with Crippen molar-refractivity contribution in [3.63, 3.8) is 0 Å². The van der Waals surface area contributed by atoms with E-state index in [4.69, 9.17) is 0 Å². The summed E-state index contributed by atoms with van der Waals surface area (Å²) in [5.41, 5.74) is 0.625. The number of aliphatic hydroxyl groups excluding tert-OH is 1. The molecule has 0 aromatic carbocycles. The summed E-state index contributed by atoms with van der Waals surface area (Å²) in [7, 11) is 0. The van der Waals surface area contributed by atoms with Gasteiger partial charge in [-0.1, -0.05) is 25.2 Å². The monoisotopic (exact) mass is 284 g/mol. The van der Waals surface area contributed by atoms with E-state index in [1.165, 1.54) is 6.08 Å². The highest BCUT2D eigenvalue weighted by Gasteiger charge is 2.55. The first kappa shape index (κ1) is 13.1. The second-order valence-corrected chi connectivity index (χ2v) is 7.18. The van der Waals surface area contributed by atoms with Crippen molar-refractivity contribution in [3.8, 4) is 0 Å². The maximum Gasteiger partial charge on any atom is 0.220 e. The van der Waals surface area contributed by atoms with Gasteiger partial charge in [0.05, 0.1) is 0 Å². The van der Waals surface area contributed by atoms with Crippen LogP contribution in [0.1, 0.15) is 32.6 Å². The fourth-order valence-electron chi connectivity index (χ4n) is 5.14. The van der Waals surface area contributed by atoms with Gasteiger partial charge in [-0.25, -0.2) is 0 Å². The number of hydrogen-bond donors (Lipinski definition) is 1. The molecule has 110 valence electrons.